The Morgan fingerprint density at radius 2 is 1.44 bits per heavy atom. The third-order valence-corrected chi connectivity index (χ3v) is 8.46. The van der Waals surface area contributed by atoms with E-state index in [-0.39, 0.29) is 4.90 Å². The molecule has 1 N–H and O–H groups in total. The Morgan fingerprint density at radius 1 is 0.829 bits per heavy atom. The lowest BCUT2D eigenvalue weighted by Gasteiger charge is -2.24. The molecule has 7 nitrogen and oxygen atoms in total. The highest BCUT2D eigenvalue weighted by molar-refractivity contribution is 7.90. The number of sulfonamides is 1. The number of aromatic nitrogens is 2. The van der Waals surface area contributed by atoms with Crippen LogP contribution in [0.15, 0.2) is 89.8 Å². The number of hydrogen-bond donors (Lipinski definition) is 1. The van der Waals surface area contributed by atoms with Gasteiger partial charge in [-0.2, -0.15) is 0 Å². The summed E-state index contributed by atoms with van der Waals surface area (Å²) in [4.78, 5) is 19.1. The first-order valence-electron chi connectivity index (χ1n) is 14.4. The van der Waals surface area contributed by atoms with Crippen LogP contribution < -0.4 is 4.72 Å². The van der Waals surface area contributed by atoms with Crippen LogP contribution in [0.4, 0.5) is 0 Å². The summed E-state index contributed by atoms with van der Waals surface area (Å²) in [5.74, 6) is 0.375. The maximum atomic E-state index is 12.4. The number of carbonyl (C=O) groups excluding carboxylic acids is 1. The minimum Gasteiger partial charge on any atom is -0.326 e. The van der Waals surface area contributed by atoms with Crippen LogP contribution in [0.1, 0.15) is 57.7 Å². The van der Waals surface area contributed by atoms with Crippen molar-refractivity contribution in [1.82, 2.24) is 19.2 Å². The van der Waals surface area contributed by atoms with E-state index in [0.29, 0.717) is 13.1 Å². The zero-order chi connectivity index (χ0) is 29.2. The first-order valence-corrected chi connectivity index (χ1v) is 15.9. The van der Waals surface area contributed by atoms with Crippen molar-refractivity contribution >= 4 is 15.9 Å². The summed E-state index contributed by atoms with van der Waals surface area (Å²) in [7, 11) is -3.87. The van der Waals surface area contributed by atoms with Gasteiger partial charge in [0.05, 0.1) is 16.3 Å². The van der Waals surface area contributed by atoms with Crippen molar-refractivity contribution in [2.24, 2.45) is 0 Å². The standard InChI is InChI=1S/C33H40N4O3S/c1-4-6-22-36(24-27-18-20-30(21-19-27)41(39,40)35-26(3)38)25-31-32(28-14-10-8-11-15-28)34-33(37(31)23-7-5-2)29-16-12-9-13-17-29/h8-21H,4-7,22-25H2,1-3H3,(H,35,38). The van der Waals surface area contributed by atoms with Gasteiger partial charge in [-0.1, -0.05) is 99.5 Å². The molecule has 3 aromatic carbocycles. The van der Waals surface area contributed by atoms with Gasteiger partial charge >= 0.3 is 0 Å². The second-order valence-corrected chi connectivity index (χ2v) is 12.0. The number of unbranched alkanes of at least 4 members (excludes halogenated alkanes) is 2. The molecule has 0 aliphatic rings. The molecule has 0 bridgehead atoms. The van der Waals surface area contributed by atoms with Crippen molar-refractivity contribution in [1.29, 1.82) is 0 Å². The summed E-state index contributed by atoms with van der Waals surface area (Å²) in [5, 5.41) is 0. The molecule has 1 amide bonds. The van der Waals surface area contributed by atoms with Gasteiger partial charge in [-0.25, -0.2) is 18.1 Å². The van der Waals surface area contributed by atoms with Crippen LogP contribution in [0.25, 0.3) is 22.6 Å². The number of nitrogens with one attached hydrogen (secondary N) is 1. The van der Waals surface area contributed by atoms with Crippen molar-refractivity contribution in [2.75, 3.05) is 6.54 Å². The van der Waals surface area contributed by atoms with Gasteiger partial charge in [0, 0.05) is 37.7 Å². The molecule has 41 heavy (non-hydrogen) atoms. The minimum absolute atomic E-state index is 0.0769. The molecule has 0 unspecified atom stereocenters. The molecule has 0 aliphatic carbocycles. The summed E-state index contributed by atoms with van der Waals surface area (Å²) in [5.41, 5.74) is 5.39. The minimum atomic E-state index is -3.87. The average Bonchev–Trinajstić information content (AvgIpc) is 3.33. The van der Waals surface area contributed by atoms with E-state index in [2.05, 4.69) is 71.8 Å². The van der Waals surface area contributed by atoms with Crippen LogP contribution in [0.5, 0.6) is 0 Å². The molecule has 0 aliphatic heterocycles. The van der Waals surface area contributed by atoms with E-state index in [1.54, 1.807) is 12.1 Å². The third kappa shape index (κ3) is 7.93. The fourth-order valence-corrected chi connectivity index (χ4v) is 5.92. The molecule has 1 aromatic heterocycles. The maximum absolute atomic E-state index is 12.4. The first-order chi connectivity index (χ1) is 19.8. The van der Waals surface area contributed by atoms with Gasteiger partial charge in [0.1, 0.15) is 5.82 Å². The third-order valence-electron chi connectivity index (χ3n) is 7.01. The molecule has 4 aromatic rings. The van der Waals surface area contributed by atoms with Gasteiger partial charge in [0.2, 0.25) is 5.91 Å². The van der Waals surface area contributed by atoms with Gasteiger partial charge in [0.15, 0.2) is 0 Å². The summed E-state index contributed by atoms with van der Waals surface area (Å²) in [6, 6.07) is 27.5. The lowest BCUT2D eigenvalue weighted by Crippen LogP contribution is -2.28. The van der Waals surface area contributed by atoms with Crippen LogP contribution in [-0.4, -0.2) is 35.3 Å². The highest BCUT2D eigenvalue weighted by atomic mass is 32.2. The van der Waals surface area contributed by atoms with Gasteiger partial charge in [0.25, 0.3) is 10.0 Å². The zero-order valence-corrected chi connectivity index (χ0v) is 25.0. The van der Waals surface area contributed by atoms with Gasteiger partial charge < -0.3 is 4.57 Å². The largest absolute Gasteiger partial charge is 0.326 e. The molecule has 0 atom stereocenters. The maximum Gasteiger partial charge on any atom is 0.264 e. The van der Waals surface area contributed by atoms with E-state index in [0.717, 1.165) is 67.0 Å². The molecule has 0 saturated carbocycles. The van der Waals surface area contributed by atoms with E-state index in [4.69, 9.17) is 4.98 Å². The Balaban J connectivity index is 1.72. The highest BCUT2D eigenvalue weighted by Crippen LogP contribution is 2.31. The second-order valence-electron chi connectivity index (χ2n) is 10.3. The SMILES string of the molecule is CCCCN(Cc1ccc(S(=O)(=O)NC(C)=O)cc1)Cc1c(-c2ccccc2)nc(-c2ccccc2)n1CCCC. The quantitative estimate of drug-likeness (QED) is 0.183. The van der Waals surface area contributed by atoms with Crippen molar-refractivity contribution in [3.05, 3.63) is 96.2 Å². The molecule has 8 heteroatoms. The lowest BCUT2D eigenvalue weighted by atomic mass is 10.1. The Labute approximate surface area is 244 Å². The van der Waals surface area contributed by atoms with Gasteiger partial charge in [-0.05, 0) is 37.1 Å². The number of carbonyl (C=O) groups is 1. The Kier molecular flexibility index (Phi) is 10.5. The number of nitrogens with zero attached hydrogens (tertiary/aromatic N) is 3. The van der Waals surface area contributed by atoms with Gasteiger partial charge in [-0.15, -0.1) is 0 Å². The highest BCUT2D eigenvalue weighted by Gasteiger charge is 2.22. The van der Waals surface area contributed by atoms with E-state index in [1.807, 2.05) is 29.0 Å². The number of hydrogen-bond acceptors (Lipinski definition) is 5. The summed E-state index contributed by atoms with van der Waals surface area (Å²) in [6.07, 6.45) is 4.25. The Morgan fingerprint density at radius 3 is 2.02 bits per heavy atom. The summed E-state index contributed by atoms with van der Waals surface area (Å²) >= 11 is 0. The smallest absolute Gasteiger partial charge is 0.264 e. The van der Waals surface area contributed by atoms with Crippen LogP contribution >= 0.6 is 0 Å². The molecule has 0 radical (unpaired) electrons. The predicted molar refractivity (Wildman–Crippen MR) is 164 cm³/mol. The molecule has 0 saturated heterocycles. The van der Waals surface area contributed by atoms with Crippen LogP contribution in [0, 0.1) is 0 Å². The molecule has 0 spiro atoms. The topological polar surface area (TPSA) is 84.3 Å². The molecule has 216 valence electrons. The lowest BCUT2D eigenvalue weighted by molar-refractivity contribution is -0.117. The fraction of sp³-hybridized carbons (Fsp3) is 0.333. The van der Waals surface area contributed by atoms with Crippen molar-refractivity contribution in [3.8, 4) is 22.6 Å². The monoisotopic (exact) mass is 572 g/mol. The molecular formula is C33H40N4O3S. The van der Waals surface area contributed by atoms with E-state index < -0.39 is 15.9 Å². The van der Waals surface area contributed by atoms with E-state index >= 15 is 0 Å². The van der Waals surface area contributed by atoms with Crippen LogP contribution in [-0.2, 0) is 34.5 Å². The Hall–Kier alpha value is -3.75. The number of imidazole rings is 1. The molecule has 0 fully saturated rings. The molecule has 1 heterocycles. The van der Waals surface area contributed by atoms with Crippen LogP contribution in [0.3, 0.4) is 0 Å². The van der Waals surface area contributed by atoms with Crippen LogP contribution in [0.2, 0.25) is 0 Å². The second kappa shape index (κ2) is 14.2. The van der Waals surface area contributed by atoms with Crippen molar-refractivity contribution < 1.29 is 13.2 Å². The normalized spacial score (nSPS) is 11.6. The van der Waals surface area contributed by atoms with E-state index in [1.165, 1.54) is 12.6 Å². The predicted octanol–water partition coefficient (Wildman–Crippen LogP) is 6.64. The fourth-order valence-electron chi connectivity index (χ4n) is 4.93. The van der Waals surface area contributed by atoms with E-state index in [9.17, 15) is 13.2 Å². The first kappa shape index (κ1) is 30.2. The number of rotatable bonds is 14. The van der Waals surface area contributed by atoms with Crippen molar-refractivity contribution in [3.63, 3.8) is 0 Å². The average molecular weight is 573 g/mol. The summed E-state index contributed by atoms with van der Waals surface area (Å²) in [6.45, 7) is 8.74. The van der Waals surface area contributed by atoms with Crippen molar-refractivity contribution in [2.45, 2.75) is 71.0 Å². The summed E-state index contributed by atoms with van der Waals surface area (Å²) < 4.78 is 29.3. The number of benzene rings is 3. The number of amides is 1. The molecular weight excluding hydrogens is 532 g/mol. The van der Waals surface area contributed by atoms with Gasteiger partial charge in [-0.3, -0.25) is 9.69 Å². The molecule has 4 rings (SSSR count). The Bertz CT molecular complexity index is 1520. The zero-order valence-electron chi connectivity index (χ0n) is 24.2.